The first kappa shape index (κ1) is 16.8. The quantitative estimate of drug-likeness (QED) is 0.773. The van der Waals surface area contributed by atoms with Crippen LogP contribution >= 0.6 is 15.9 Å². The Hall–Kier alpha value is -0.540. The van der Waals surface area contributed by atoms with E-state index in [2.05, 4.69) is 48.0 Å². The third-order valence-corrected chi connectivity index (χ3v) is 5.45. The summed E-state index contributed by atoms with van der Waals surface area (Å²) < 4.78 is 7.44. The molecular weight excluding hydrogens is 326 g/mol. The normalized spacial score (nSPS) is 23.8. The zero-order valence-corrected chi connectivity index (χ0v) is 14.9. The van der Waals surface area contributed by atoms with E-state index in [0.717, 1.165) is 23.1 Å². The Bertz CT molecular complexity index is 449. The molecule has 0 heterocycles. The number of benzene rings is 1. The number of rotatable bonds is 6. The predicted octanol–water partition coefficient (Wildman–Crippen LogP) is 5.08. The smallest absolute Gasteiger partial charge is 0.120 e. The van der Waals surface area contributed by atoms with E-state index in [1.165, 1.54) is 37.7 Å². The van der Waals surface area contributed by atoms with Crippen LogP contribution in [0.25, 0.3) is 0 Å². The Balaban J connectivity index is 2.07. The van der Waals surface area contributed by atoms with Crippen molar-refractivity contribution in [2.75, 3.05) is 0 Å². The van der Waals surface area contributed by atoms with Crippen molar-refractivity contribution in [3.05, 3.63) is 28.2 Å². The van der Waals surface area contributed by atoms with Gasteiger partial charge in [-0.15, -0.1) is 0 Å². The van der Waals surface area contributed by atoms with Gasteiger partial charge in [0.15, 0.2) is 0 Å². The Morgan fingerprint density at radius 3 is 2.76 bits per heavy atom. The lowest BCUT2D eigenvalue weighted by Crippen LogP contribution is -2.30. The van der Waals surface area contributed by atoms with Crippen LogP contribution in [0.4, 0.5) is 0 Å². The van der Waals surface area contributed by atoms with Crippen molar-refractivity contribution in [1.82, 2.24) is 0 Å². The number of nitrogens with two attached hydrogens (primary N) is 1. The molecule has 2 N–H and O–H groups in total. The highest BCUT2D eigenvalue weighted by atomic mass is 79.9. The molecule has 2 nitrogen and oxygen atoms in total. The number of hydrogen-bond donors (Lipinski definition) is 1. The van der Waals surface area contributed by atoms with Gasteiger partial charge in [-0.05, 0) is 68.2 Å². The molecule has 1 saturated carbocycles. The van der Waals surface area contributed by atoms with Crippen LogP contribution in [0, 0.1) is 5.92 Å². The molecule has 21 heavy (non-hydrogen) atoms. The minimum absolute atomic E-state index is 0.217. The SMILES string of the molecule is CCC(N)Cc1cc(OC2CCCCC2CC)ccc1Br. The van der Waals surface area contributed by atoms with Crippen LogP contribution in [0.3, 0.4) is 0 Å². The molecule has 3 atom stereocenters. The number of halogens is 1. The van der Waals surface area contributed by atoms with E-state index in [1.807, 2.05) is 0 Å². The van der Waals surface area contributed by atoms with E-state index < -0.39 is 0 Å². The minimum Gasteiger partial charge on any atom is -0.490 e. The Morgan fingerprint density at radius 1 is 1.29 bits per heavy atom. The highest BCUT2D eigenvalue weighted by molar-refractivity contribution is 9.10. The molecule has 0 amide bonds. The summed E-state index contributed by atoms with van der Waals surface area (Å²) in [6, 6.07) is 6.55. The third kappa shape index (κ3) is 4.72. The summed E-state index contributed by atoms with van der Waals surface area (Å²) >= 11 is 3.63. The molecule has 0 radical (unpaired) electrons. The van der Waals surface area contributed by atoms with Crippen molar-refractivity contribution < 1.29 is 4.74 Å². The highest BCUT2D eigenvalue weighted by Crippen LogP contribution is 2.32. The Morgan fingerprint density at radius 2 is 2.05 bits per heavy atom. The second-order valence-corrected chi connectivity index (χ2v) is 7.09. The Labute approximate surface area is 137 Å². The van der Waals surface area contributed by atoms with Crippen molar-refractivity contribution >= 4 is 15.9 Å². The molecule has 3 unspecified atom stereocenters. The zero-order valence-electron chi connectivity index (χ0n) is 13.3. The summed E-state index contributed by atoms with van der Waals surface area (Å²) in [5.41, 5.74) is 7.35. The molecule has 3 heteroatoms. The van der Waals surface area contributed by atoms with Crippen LogP contribution in [0.5, 0.6) is 5.75 Å². The van der Waals surface area contributed by atoms with E-state index in [4.69, 9.17) is 10.5 Å². The van der Waals surface area contributed by atoms with Gasteiger partial charge in [0.2, 0.25) is 0 Å². The molecule has 0 saturated heterocycles. The van der Waals surface area contributed by atoms with Crippen LogP contribution in [0.2, 0.25) is 0 Å². The van der Waals surface area contributed by atoms with Crippen LogP contribution in [0.15, 0.2) is 22.7 Å². The van der Waals surface area contributed by atoms with Crippen molar-refractivity contribution in [2.45, 2.75) is 70.9 Å². The first-order valence-electron chi connectivity index (χ1n) is 8.34. The van der Waals surface area contributed by atoms with Gasteiger partial charge in [-0.3, -0.25) is 0 Å². The maximum atomic E-state index is 6.31. The van der Waals surface area contributed by atoms with Crippen LogP contribution in [-0.2, 0) is 6.42 Å². The summed E-state index contributed by atoms with van der Waals surface area (Å²) in [4.78, 5) is 0. The zero-order chi connectivity index (χ0) is 15.2. The van der Waals surface area contributed by atoms with Crippen molar-refractivity contribution in [2.24, 2.45) is 11.7 Å². The molecule has 1 aromatic carbocycles. The fourth-order valence-corrected chi connectivity index (χ4v) is 3.59. The predicted molar refractivity (Wildman–Crippen MR) is 92.8 cm³/mol. The lowest BCUT2D eigenvalue weighted by Gasteiger charge is -2.31. The van der Waals surface area contributed by atoms with Crippen molar-refractivity contribution in [3.63, 3.8) is 0 Å². The standard InChI is InChI=1S/C18H28BrNO/c1-3-13-7-5-6-8-18(13)21-16-9-10-17(19)14(12-16)11-15(20)4-2/h9-10,12-13,15,18H,3-8,11,20H2,1-2H3. The van der Waals surface area contributed by atoms with Gasteiger partial charge in [0, 0.05) is 10.5 Å². The van der Waals surface area contributed by atoms with Gasteiger partial charge < -0.3 is 10.5 Å². The van der Waals surface area contributed by atoms with E-state index in [0.29, 0.717) is 12.0 Å². The van der Waals surface area contributed by atoms with E-state index in [9.17, 15) is 0 Å². The van der Waals surface area contributed by atoms with Crippen molar-refractivity contribution in [3.8, 4) is 5.75 Å². The molecule has 2 rings (SSSR count). The van der Waals surface area contributed by atoms with Crippen LogP contribution in [-0.4, -0.2) is 12.1 Å². The second kappa shape index (κ2) is 8.19. The van der Waals surface area contributed by atoms with Crippen LogP contribution in [0.1, 0.15) is 57.9 Å². The van der Waals surface area contributed by atoms with Gasteiger partial charge in [0.1, 0.15) is 11.9 Å². The molecule has 0 aromatic heterocycles. The van der Waals surface area contributed by atoms with Gasteiger partial charge in [0.25, 0.3) is 0 Å². The lowest BCUT2D eigenvalue weighted by molar-refractivity contribution is 0.0903. The molecule has 0 spiro atoms. The summed E-state index contributed by atoms with van der Waals surface area (Å²) in [7, 11) is 0. The fourth-order valence-electron chi connectivity index (χ4n) is 3.18. The number of hydrogen-bond acceptors (Lipinski definition) is 2. The molecule has 0 aliphatic heterocycles. The van der Waals surface area contributed by atoms with Gasteiger partial charge in [-0.25, -0.2) is 0 Å². The molecule has 1 fully saturated rings. The number of ether oxygens (including phenoxy) is 1. The molecule has 0 bridgehead atoms. The maximum absolute atomic E-state index is 6.31. The summed E-state index contributed by atoms with van der Waals surface area (Å²) in [5, 5.41) is 0. The largest absolute Gasteiger partial charge is 0.490 e. The van der Waals surface area contributed by atoms with E-state index >= 15 is 0 Å². The van der Waals surface area contributed by atoms with Crippen LogP contribution < -0.4 is 10.5 Å². The van der Waals surface area contributed by atoms with Gasteiger partial charge in [0.05, 0.1) is 0 Å². The maximum Gasteiger partial charge on any atom is 0.120 e. The first-order valence-corrected chi connectivity index (χ1v) is 9.14. The highest BCUT2D eigenvalue weighted by Gasteiger charge is 2.25. The first-order chi connectivity index (χ1) is 10.1. The van der Waals surface area contributed by atoms with Gasteiger partial charge in [-0.2, -0.15) is 0 Å². The molecule has 118 valence electrons. The van der Waals surface area contributed by atoms with E-state index in [1.54, 1.807) is 0 Å². The average molecular weight is 354 g/mol. The summed E-state index contributed by atoms with van der Waals surface area (Å²) in [6.45, 7) is 4.41. The molecular formula is C18H28BrNO. The second-order valence-electron chi connectivity index (χ2n) is 6.23. The third-order valence-electron chi connectivity index (χ3n) is 4.67. The lowest BCUT2D eigenvalue weighted by atomic mass is 9.85. The average Bonchev–Trinajstić information content (AvgIpc) is 2.51. The molecule has 1 aliphatic rings. The van der Waals surface area contributed by atoms with Gasteiger partial charge >= 0.3 is 0 Å². The topological polar surface area (TPSA) is 35.2 Å². The fraction of sp³-hybridized carbons (Fsp3) is 0.667. The monoisotopic (exact) mass is 353 g/mol. The van der Waals surface area contributed by atoms with Gasteiger partial charge in [-0.1, -0.05) is 36.2 Å². The summed E-state index contributed by atoms with van der Waals surface area (Å²) in [6.07, 6.45) is 8.66. The summed E-state index contributed by atoms with van der Waals surface area (Å²) in [5.74, 6) is 1.71. The van der Waals surface area contributed by atoms with E-state index in [-0.39, 0.29) is 6.04 Å². The Kier molecular flexibility index (Phi) is 6.56. The minimum atomic E-state index is 0.217. The molecule has 1 aliphatic carbocycles. The van der Waals surface area contributed by atoms with Crippen molar-refractivity contribution in [1.29, 1.82) is 0 Å². The molecule has 1 aromatic rings.